The summed E-state index contributed by atoms with van der Waals surface area (Å²) in [6, 6.07) is 5.43. The number of hydrogen-bond donors (Lipinski definition) is 2. The van der Waals surface area contributed by atoms with Crippen LogP contribution in [-0.4, -0.2) is 16.1 Å². The second-order valence-electron chi connectivity index (χ2n) is 3.81. The molecule has 0 saturated carbocycles. The van der Waals surface area contributed by atoms with Crippen molar-refractivity contribution in [2.75, 3.05) is 5.32 Å². The van der Waals surface area contributed by atoms with Crippen LogP contribution in [0, 0.1) is 0 Å². The maximum Gasteiger partial charge on any atom is 0.354 e. The largest absolute Gasteiger partial charge is 0.477 e. The predicted molar refractivity (Wildman–Crippen MR) is 72.2 cm³/mol. The zero-order valence-corrected chi connectivity index (χ0v) is 10.8. The van der Waals surface area contributed by atoms with Gasteiger partial charge in [0.25, 0.3) is 0 Å². The van der Waals surface area contributed by atoms with Crippen molar-refractivity contribution >= 4 is 23.0 Å². The number of nitrogens with zero attached hydrogens (tertiary/aromatic N) is 1. The predicted octanol–water partition coefficient (Wildman–Crippen LogP) is 3.02. The number of hydrogen-bond acceptors (Lipinski definition) is 4. The Labute approximate surface area is 109 Å². The van der Waals surface area contributed by atoms with Gasteiger partial charge in [0.1, 0.15) is 5.69 Å². The molecular weight excluding hydrogens is 248 g/mol. The minimum absolute atomic E-state index is 0.0573. The van der Waals surface area contributed by atoms with Crippen LogP contribution in [0.15, 0.2) is 29.8 Å². The van der Waals surface area contributed by atoms with Crippen LogP contribution in [0.4, 0.5) is 5.69 Å². The van der Waals surface area contributed by atoms with Crippen LogP contribution in [0.1, 0.15) is 27.9 Å². The van der Waals surface area contributed by atoms with Crippen molar-refractivity contribution in [1.29, 1.82) is 0 Å². The van der Waals surface area contributed by atoms with E-state index in [0.29, 0.717) is 6.54 Å². The van der Waals surface area contributed by atoms with E-state index in [-0.39, 0.29) is 5.69 Å². The number of thiophene rings is 1. The highest BCUT2D eigenvalue weighted by Gasteiger charge is 2.06. The van der Waals surface area contributed by atoms with Crippen LogP contribution >= 0.6 is 11.3 Å². The average molecular weight is 262 g/mol. The zero-order valence-electron chi connectivity index (χ0n) is 10.0. The van der Waals surface area contributed by atoms with Crippen molar-refractivity contribution in [3.8, 4) is 0 Å². The molecule has 0 aromatic carbocycles. The van der Waals surface area contributed by atoms with Crippen molar-refractivity contribution in [2.24, 2.45) is 0 Å². The first-order valence-corrected chi connectivity index (χ1v) is 6.57. The molecule has 0 aliphatic heterocycles. The molecule has 0 spiro atoms. The first-order chi connectivity index (χ1) is 8.70. The van der Waals surface area contributed by atoms with E-state index < -0.39 is 5.97 Å². The molecule has 2 rings (SSSR count). The minimum Gasteiger partial charge on any atom is -0.477 e. The summed E-state index contributed by atoms with van der Waals surface area (Å²) in [6.07, 6.45) is 2.51. The van der Waals surface area contributed by atoms with E-state index in [4.69, 9.17) is 5.11 Å². The third-order valence-corrected chi connectivity index (χ3v) is 3.61. The van der Waals surface area contributed by atoms with Crippen molar-refractivity contribution in [2.45, 2.75) is 19.9 Å². The third kappa shape index (κ3) is 2.87. The number of aromatic nitrogens is 1. The summed E-state index contributed by atoms with van der Waals surface area (Å²) >= 11 is 1.71. The van der Waals surface area contributed by atoms with Crippen molar-refractivity contribution in [3.05, 3.63) is 45.9 Å². The highest BCUT2D eigenvalue weighted by molar-refractivity contribution is 7.10. The number of aryl methyl sites for hydroxylation is 1. The maximum atomic E-state index is 10.8. The molecule has 2 N–H and O–H groups in total. The van der Waals surface area contributed by atoms with Crippen LogP contribution in [0.2, 0.25) is 0 Å². The number of nitrogens with one attached hydrogen (secondary N) is 1. The second kappa shape index (κ2) is 5.64. The number of anilines is 1. The van der Waals surface area contributed by atoms with Gasteiger partial charge in [0.15, 0.2) is 0 Å². The summed E-state index contributed by atoms with van der Waals surface area (Å²) in [7, 11) is 0. The number of rotatable bonds is 5. The van der Waals surface area contributed by atoms with Crippen LogP contribution in [-0.2, 0) is 13.0 Å². The monoisotopic (exact) mass is 262 g/mol. The molecule has 0 fully saturated rings. The SMILES string of the molecule is CCc1ccsc1CNc1ccnc(C(=O)O)c1. The van der Waals surface area contributed by atoms with Gasteiger partial charge < -0.3 is 10.4 Å². The Morgan fingerprint density at radius 1 is 1.50 bits per heavy atom. The summed E-state index contributed by atoms with van der Waals surface area (Å²) in [6.45, 7) is 2.84. The van der Waals surface area contributed by atoms with Crippen molar-refractivity contribution in [1.82, 2.24) is 4.98 Å². The lowest BCUT2D eigenvalue weighted by Crippen LogP contribution is -2.04. The van der Waals surface area contributed by atoms with Gasteiger partial charge >= 0.3 is 5.97 Å². The van der Waals surface area contributed by atoms with E-state index in [9.17, 15) is 4.79 Å². The molecule has 2 aromatic heterocycles. The first-order valence-electron chi connectivity index (χ1n) is 5.69. The number of aromatic carboxylic acids is 1. The Hall–Kier alpha value is -1.88. The van der Waals surface area contributed by atoms with Crippen LogP contribution in [0.5, 0.6) is 0 Å². The number of pyridine rings is 1. The summed E-state index contributed by atoms with van der Waals surface area (Å²) in [4.78, 5) is 15.9. The molecule has 2 heterocycles. The van der Waals surface area contributed by atoms with Gasteiger partial charge in [-0.25, -0.2) is 9.78 Å². The summed E-state index contributed by atoms with van der Waals surface area (Å²) < 4.78 is 0. The van der Waals surface area contributed by atoms with E-state index in [1.165, 1.54) is 16.6 Å². The Balaban J connectivity index is 2.06. The van der Waals surface area contributed by atoms with Gasteiger partial charge in [-0.05, 0) is 35.6 Å². The molecule has 0 amide bonds. The van der Waals surface area contributed by atoms with Gasteiger partial charge in [0.2, 0.25) is 0 Å². The molecule has 4 nitrogen and oxygen atoms in total. The Morgan fingerprint density at radius 2 is 2.33 bits per heavy atom. The topological polar surface area (TPSA) is 62.2 Å². The molecule has 0 aliphatic carbocycles. The molecular formula is C13H14N2O2S. The second-order valence-corrected chi connectivity index (χ2v) is 4.81. The van der Waals surface area contributed by atoms with Crippen molar-refractivity contribution < 1.29 is 9.90 Å². The Bertz CT molecular complexity index is 551. The molecule has 94 valence electrons. The minimum atomic E-state index is -1.01. The van der Waals surface area contributed by atoms with Gasteiger partial charge in [-0.15, -0.1) is 11.3 Å². The van der Waals surface area contributed by atoms with Crippen LogP contribution in [0.25, 0.3) is 0 Å². The lowest BCUT2D eigenvalue weighted by Gasteiger charge is -2.06. The van der Waals surface area contributed by atoms with E-state index in [1.807, 2.05) is 0 Å². The standard InChI is InChI=1S/C13H14N2O2S/c1-2-9-4-6-18-12(9)8-15-10-3-5-14-11(7-10)13(16)17/h3-7H,2,8H2,1H3,(H,14,15)(H,16,17). The van der Waals surface area contributed by atoms with E-state index in [1.54, 1.807) is 23.5 Å². The summed E-state index contributed by atoms with van der Waals surface area (Å²) in [5.41, 5.74) is 2.17. The molecule has 0 atom stereocenters. The van der Waals surface area contributed by atoms with Crippen LogP contribution in [0.3, 0.4) is 0 Å². The van der Waals surface area contributed by atoms with Crippen molar-refractivity contribution in [3.63, 3.8) is 0 Å². The lowest BCUT2D eigenvalue weighted by molar-refractivity contribution is 0.0690. The Kier molecular flexibility index (Phi) is 3.94. The van der Waals surface area contributed by atoms with E-state index >= 15 is 0 Å². The maximum absolute atomic E-state index is 10.8. The van der Waals surface area contributed by atoms with Gasteiger partial charge in [0, 0.05) is 23.3 Å². The third-order valence-electron chi connectivity index (χ3n) is 2.65. The van der Waals surface area contributed by atoms with Gasteiger partial charge in [-0.2, -0.15) is 0 Å². The molecule has 5 heteroatoms. The molecule has 18 heavy (non-hydrogen) atoms. The fourth-order valence-electron chi connectivity index (χ4n) is 1.68. The smallest absolute Gasteiger partial charge is 0.354 e. The van der Waals surface area contributed by atoms with Crippen LogP contribution < -0.4 is 5.32 Å². The number of carboxylic acids is 1. The molecule has 0 radical (unpaired) electrons. The van der Waals surface area contributed by atoms with E-state index in [0.717, 1.165) is 12.1 Å². The van der Waals surface area contributed by atoms with E-state index in [2.05, 4.69) is 28.7 Å². The molecule has 0 aliphatic rings. The van der Waals surface area contributed by atoms with Gasteiger partial charge in [0.05, 0.1) is 0 Å². The molecule has 0 bridgehead atoms. The normalized spacial score (nSPS) is 10.3. The first kappa shape index (κ1) is 12.6. The number of carbonyl (C=O) groups is 1. The molecule has 0 unspecified atom stereocenters. The number of carboxylic acid groups (broad SMARTS) is 1. The Morgan fingerprint density at radius 3 is 3.06 bits per heavy atom. The fraction of sp³-hybridized carbons (Fsp3) is 0.231. The highest BCUT2D eigenvalue weighted by atomic mass is 32.1. The summed E-state index contributed by atoms with van der Waals surface area (Å²) in [5, 5.41) is 14.2. The summed E-state index contributed by atoms with van der Waals surface area (Å²) in [5.74, 6) is -1.01. The fourth-order valence-corrected chi connectivity index (χ4v) is 2.59. The van der Waals surface area contributed by atoms with Gasteiger partial charge in [-0.1, -0.05) is 6.92 Å². The van der Waals surface area contributed by atoms with Gasteiger partial charge in [-0.3, -0.25) is 0 Å². The quantitative estimate of drug-likeness (QED) is 0.869. The zero-order chi connectivity index (χ0) is 13.0. The molecule has 2 aromatic rings. The average Bonchev–Trinajstić information content (AvgIpc) is 2.84. The molecule has 0 saturated heterocycles. The lowest BCUT2D eigenvalue weighted by atomic mass is 10.2. The highest BCUT2D eigenvalue weighted by Crippen LogP contribution is 2.19.